The van der Waals surface area contributed by atoms with Gasteiger partial charge >= 0.3 is 24.3 Å². The maximum absolute atomic E-state index is 8.30. The van der Waals surface area contributed by atoms with Gasteiger partial charge in [0, 0.05) is 22.4 Å². The van der Waals surface area contributed by atoms with Crippen molar-refractivity contribution in [3.63, 3.8) is 0 Å². The van der Waals surface area contributed by atoms with Crippen LogP contribution in [0, 0.1) is 0 Å². The third kappa shape index (κ3) is 10.6. The van der Waals surface area contributed by atoms with Crippen LogP contribution in [0.3, 0.4) is 0 Å². The van der Waals surface area contributed by atoms with E-state index in [0.29, 0.717) is 21.0 Å². The fourth-order valence-corrected chi connectivity index (χ4v) is 0. The molecule has 0 fully saturated rings. The first kappa shape index (κ1) is 18.8. The van der Waals surface area contributed by atoms with E-state index in [1.807, 2.05) is 0 Å². The Kier molecular flexibility index (Phi) is 136. The van der Waals surface area contributed by atoms with Crippen LogP contribution in [0.5, 0.6) is 0 Å². The van der Waals surface area contributed by atoms with Crippen molar-refractivity contribution in [1.29, 1.82) is 0 Å². The van der Waals surface area contributed by atoms with Gasteiger partial charge in [0.1, 0.15) is 0 Å². The average Bonchev–Trinajstić information content (AvgIpc) is 1.00. The summed E-state index contributed by atoms with van der Waals surface area (Å²) >= 11 is 0.500. The molecule has 2 N–H and O–H groups in total. The van der Waals surface area contributed by atoms with Crippen molar-refractivity contribution in [2.45, 2.75) is 0 Å². The summed E-state index contributed by atoms with van der Waals surface area (Å²) in [7, 11) is 0. The van der Waals surface area contributed by atoms with E-state index in [9.17, 15) is 0 Å². The van der Waals surface area contributed by atoms with Gasteiger partial charge in [-0.05, 0) is 0 Å². The molecule has 0 saturated carbocycles. The summed E-state index contributed by atoms with van der Waals surface area (Å²) in [5.41, 5.74) is 0. The molecule has 0 rings (SSSR count). The van der Waals surface area contributed by atoms with E-state index < -0.39 is 0 Å². The van der Waals surface area contributed by atoms with Crippen molar-refractivity contribution in [3.8, 4) is 0 Å². The zero-order valence-corrected chi connectivity index (χ0v) is 6.20. The quantitative estimate of drug-likeness (QED) is 0.485. The van der Waals surface area contributed by atoms with Gasteiger partial charge in [-0.1, -0.05) is 0 Å². The summed E-state index contributed by atoms with van der Waals surface area (Å²) in [5.74, 6) is 0. The van der Waals surface area contributed by atoms with Gasteiger partial charge in [-0.2, -0.15) is 0 Å². The van der Waals surface area contributed by atoms with Gasteiger partial charge in [0.2, 0.25) is 0 Å². The molecule has 0 saturated heterocycles. The minimum atomic E-state index is 0. The van der Waals surface area contributed by atoms with Crippen LogP contribution in [0.25, 0.3) is 0 Å². The third-order valence-corrected chi connectivity index (χ3v) is 0. The first-order valence-electron chi connectivity index (χ1n) is 0.183. The molecule has 0 amide bonds. The van der Waals surface area contributed by atoms with Gasteiger partial charge in [0.25, 0.3) is 0 Å². The van der Waals surface area contributed by atoms with Crippen LogP contribution in [0.15, 0.2) is 0 Å². The van der Waals surface area contributed by atoms with Crippen LogP contribution in [0.1, 0.15) is 0 Å². The third-order valence-electron chi connectivity index (χ3n) is 0. The Morgan fingerprint density at radius 3 is 1.25 bits per heavy atom. The Hall–Kier alpha value is 1.24. The van der Waals surface area contributed by atoms with Crippen LogP contribution in [0.4, 0.5) is 0 Å². The van der Waals surface area contributed by atoms with Crippen molar-refractivity contribution < 1.29 is 52.1 Å². The van der Waals surface area contributed by atoms with E-state index >= 15 is 0 Å². The van der Waals surface area contributed by atoms with E-state index in [-0.39, 0.29) is 27.9 Å². The van der Waals surface area contributed by atoms with Crippen LogP contribution in [0.2, 0.25) is 0 Å². The molecule has 0 aromatic carbocycles. The second kappa shape index (κ2) is 28.9. The second-order valence-corrected chi connectivity index (χ2v) is 0. The maximum atomic E-state index is 8.30. The average molecular weight is 220 g/mol. The summed E-state index contributed by atoms with van der Waals surface area (Å²) in [6.45, 7) is 0. The van der Waals surface area contributed by atoms with E-state index in [1.54, 1.807) is 0 Å². The molecule has 1 radical (unpaired) electrons. The molecule has 0 aliphatic rings. The molecule has 0 heterocycles. The molecule has 0 atom stereocenters. The van der Waals surface area contributed by atoms with Crippen LogP contribution >= 0.6 is 0 Å². The Morgan fingerprint density at radius 1 is 1.25 bits per heavy atom. The van der Waals surface area contributed by atoms with E-state index in [0.717, 1.165) is 0 Å². The molecule has 0 spiro atoms. The van der Waals surface area contributed by atoms with Gasteiger partial charge < -0.3 is 5.48 Å². The SMILES string of the molecule is O.[Nb].[O]=[Nb]. The summed E-state index contributed by atoms with van der Waals surface area (Å²) < 4.78 is 8.30. The summed E-state index contributed by atoms with van der Waals surface area (Å²) in [4.78, 5) is 0. The molecule has 0 unspecified atom stereocenters. The van der Waals surface area contributed by atoms with Gasteiger partial charge in [0.15, 0.2) is 0 Å². The molecule has 2 nitrogen and oxygen atoms in total. The van der Waals surface area contributed by atoms with Gasteiger partial charge in [-0.15, -0.1) is 0 Å². The van der Waals surface area contributed by atoms with Crippen molar-refractivity contribution >= 4 is 0 Å². The van der Waals surface area contributed by atoms with Gasteiger partial charge in [-0.25, -0.2) is 0 Å². The predicted molar refractivity (Wildman–Crippen MR) is 4.30 cm³/mol. The van der Waals surface area contributed by atoms with E-state index in [2.05, 4.69) is 0 Å². The Labute approximate surface area is 52.0 Å². The Bertz CT molecular complexity index is 4.00. The van der Waals surface area contributed by atoms with Crippen LogP contribution < -0.4 is 0 Å². The molecule has 4 heteroatoms. The fourth-order valence-electron chi connectivity index (χ4n) is 0. The van der Waals surface area contributed by atoms with Crippen LogP contribution in [-0.2, 0) is 46.7 Å². The van der Waals surface area contributed by atoms with Crippen molar-refractivity contribution in [1.82, 2.24) is 0 Å². The van der Waals surface area contributed by atoms with Gasteiger partial charge in [-0.3, -0.25) is 0 Å². The van der Waals surface area contributed by atoms with E-state index in [1.165, 1.54) is 0 Å². The molecule has 24 valence electrons. The summed E-state index contributed by atoms with van der Waals surface area (Å²) in [6, 6.07) is 0. The molecule has 0 aromatic heterocycles. The Balaban J connectivity index is -0.00000000500. The van der Waals surface area contributed by atoms with Crippen molar-refractivity contribution in [2.75, 3.05) is 0 Å². The fraction of sp³-hybridized carbons (Fsp3) is 0. The molecular formula is H2Nb2O2. The molecule has 4 heavy (non-hydrogen) atoms. The predicted octanol–water partition coefficient (Wildman–Crippen LogP) is -0.949. The molecule has 0 bridgehead atoms. The number of hydrogen-bond donors (Lipinski definition) is 0. The standard InChI is InChI=1S/2Nb.H2O.O/h;;1H2;. The first-order valence-corrected chi connectivity index (χ1v) is 1.08. The number of hydrogen-bond acceptors (Lipinski definition) is 1. The topological polar surface area (TPSA) is 48.6 Å². The monoisotopic (exact) mass is 220 g/mol. The first-order chi connectivity index (χ1) is 1.00. The molecule has 0 aliphatic carbocycles. The van der Waals surface area contributed by atoms with Gasteiger partial charge in [0.05, 0.1) is 0 Å². The minimum absolute atomic E-state index is 0. The Morgan fingerprint density at radius 2 is 1.25 bits per heavy atom. The van der Waals surface area contributed by atoms with E-state index in [4.69, 9.17) is 3.25 Å². The molecule has 0 aromatic rings. The second-order valence-electron chi connectivity index (χ2n) is 0. The van der Waals surface area contributed by atoms with Crippen LogP contribution in [-0.4, -0.2) is 5.48 Å². The number of rotatable bonds is 0. The molecular weight excluding hydrogens is 218 g/mol. The zero-order chi connectivity index (χ0) is 2.00. The van der Waals surface area contributed by atoms with Crippen molar-refractivity contribution in [2.24, 2.45) is 0 Å². The zero-order valence-electron chi connectivity index (χ0n) is 1.80. The molecule has 0 aliphatic heterocycles. The normalized spacial score (nSPS) is 0.750. The summed E-state index contributed by atoms with van der Waals surface area (Å²) in [6.07, 6.45) is 0. The van der Waals surface area contributed by atoms with Crippen molar-refractivity contribution in [3.05, 3.63) is 0 Å². The summed E-state index contributed by atoms with van der Waals surface area (Å²) in [5, 5.41) is 0.